The molecule has 7 nitrogen and oxygen atoms in total. The van der Waals surface area contributed by atoms with Crippen molar-refractivity contribution < 1.29 is 19.5 Å². The molecule has 5 rings (SSSR count). The zero-order chi connectivity index (χ0) is 26.5. The number of para-hydroxylation sites is 2. The summed E-state index contributed by atoms with van der Waals surface area (Å²) in [6.45, 7) is 5.65. The predicted octanol–water partition coefficient (Wildman–Crippen LogP) is 4.27. The number of carbonyl (C=O) groups excluding carboxylic acids is 3. The van der Waals surface area contributed by atoms with Gasteiger partial charge in [-0.2, -0.15) is 0 Å². The van der Waals surface area contributed by atoms with Crippen LogP contribution in [0.5, 0.6) is 0 Å². The van der Waals surface area contributed by atoms with Crippen LogP contribution in [0.3, 0.4) is 0 Å². The van der Waals surface area contributed by atoms with Crippen molar-refractivity contribution >= 4 is 52.5 Å². The maximum Gasteiger partial charge on any atom is 0.248 e. The molecule has 3 aliphatic heterocycles. The fourth-order valence-corrected chi connectivity index (χ4v) is 9.14. The van der Waals surface area contributed by atoms with Crippen LogP contribution >= 0.6 is 23.4 Å². The van der Waals surface area contributed by atoms with E-state index in [1.807, 2.05) is 44.2 Å². The van der Waals surface area contributed by atoms with Crippen molar-refractivity contribution in [3.63, 3.8) is 0 Å². The molecule has 9 heteroatoms. The minimum Gasteiger partial charge on any atom is -0.394 e. The topological polar surface area (TPSA) is 98.7 Å². The van der Waals surface area contributed by atoms with Gasteiger partial charge in [0.1, 0.15) is 6.04 Å². The van der Waals surface area contributed by atoms with Crippen molar-refractivity contribution in [1.29, 1.82) is 0 Å². The van der Waals surface area contributed by atoms with E-state index >= 15 is 0 Å². The van der Waals surface area contributed by atoms with Crippen molar-refractivity contribution in [2.75, 3.05) is 17.2 Å². The first-order valence-electron chi connectivity index (χ1n) is 12.7. The average Bonchev–Trinajstić information content (AvgIpc) is 3.45. The summed E-state index contributed by atoms with van der Waals surface area (Å²) in [6, 6.07) is 14.8. The van der Waals surface area contributed by atoms with Crippen LogP contribution < -0.4 is 10.6 Å². The second-order valence-electron chi connectivity index (χ2n) is 10.6. The highest BCUT2D eigenvalue weighted by atomic mass is 35.5. The Kier molecular flexibility index (Phi) is 7.02. The number of nitrogens with zero attached hydrogens (tertiary/aromatic N) is 1. The maximum absolute atomic E-state index is 14.2. The fourth-order valence-electron chi connectivity index (χ4n) is 6.55. The van der Waals surface area contributed by atoms with Crippen LogP contribution in [0, 0.1) is 23.7 Å². The van der Waals surface area contributed by atoms with Crippen molar-refractivity contribution in [1.82, 2.24) is 4.90 Å². The molecule has 3 unspecified atom stereocenters. The summed E-state index contributed by atoms with van der Waals surface area (Å²) in [5.74, 6) is -2.07. The lowest BCUT2D eigenvalue weighted by Gasteiger charge is -2.40. The van der Waals surface area contributed by atoms with Crippen LogP contribution in [-0.2, 0) is 14.4 Å². The van der Waals surface area contributed by atoms with Crippen LogP contribution in [0.1, 0.15) is 27.2 Å². The van der Waals surface area contributed by atoms with Gasteiger partial charge in [-0.05, 0) is 42.5 Å². The lowest BCUT2D eigenvalue weighted by molar-refractivity contribution is -0.142. The molecule has 3 saturated heterocycles. The Bertz CT molecular complexity index is 1210. The molecule has 2 aromatic carbocycles. The maximum atomic E-state index is 14.2. The summed E-state index contributed by atoms with van der Waals surface area (Å²) < 4.78 is -0.784. The number of aliphatic hydroxyl groups is 1. The van der Waals surface area contributed by atoms with E-state index in [0.717, 1.165) is 6.42 Å². The number of benzene rings is 2. The molecule has 0 radical (unpaired) electrons. The summed E-state index contributed by atoms with van der Waals surface area (Å²) >= 11 is 7.95. The number of halogens is 1. The van der Waals surface area contributed by atoms with Crippen molar-refractivity contribution in [2.45, 2.75) is 49.3 Å². The van der Waals surface area contributed by atoms with Crippen molar-refractivity contribution in [3.8, 4) is 0 Å². The number of fused-ring (bicyclic) bond motifs is 1. The Morgan fingerprint density at radius 2 is 1.78 bits per heavy atom. The van der Waals surface area contributed by atoms with E-state index in [1.54, 1.807) is 40.9 Å². The average molecular weight is 542 g/mol. The molecule has 3 aliphatic rings. The smallest absolute Gasteiger partial charge is 0.248 e. The molecule has 0 aliphatic carbocycles. The van der Waals surface area contributed by atoms with Gasteiger partial charge in [-0.15, -0.1) is 11.8 Å². The number of anilines is 2. The first-order valence-corrected chi connectivity index (χ1v) is 14.0. The summed E-state index contributed by atoms with van der Waals surface area (Å²) in [5, 5.41) is 16.6. The second kappa shape index (κ2) is 9.97. The molecular weight excluding hydrogens is 510 g/mol. The molecule has 0 saturated carbocycles. The summed E-state index contributed by atoms with van der Waals surface area (Å²) in [7, 11) is 0. The highest BCUT2D eigenvalue weighted by Crippen LogP contribution is 2.69. The highest BCUT2D eigenvalue weighted by molar-refractivity contribution is 8.02. The van der Waals surface area contributed by atoms with Gasteiger partial charge >= 0.3 is 0 Å². The monoisotopic (exact) mass is 541 g/mol. The van der Waals surface area contributed by atoms with Gasteiger partial charge in [0.15, 0.2) is 0 Å². The van der Waals surface area contributed by atoms with Gasteiger partial charge in [0.05, 0.1) is 39.9 Å². The normalized spacial score (nSPS) is 30.9. The number of hydrogen-bond donors (Lipinski definition) is 3. The third-order valence-corrected chi connectivity index (χ3v) is 10.6. The molecule has 3 N–H and O–H groups in total. The number of rotatable bonds is 7. The van der Waals surface area contributed by atoms with Gasteiger partial charge in [0, 0.05) is 10.9 Å². The first-order chi connectivity index (χ1) is 17.7. The predicted molar refractivity (Wildman–Crippen MR) is 146 cm³/mol. The molecule has 2 aromatic rings. The van der Waals surface area contributed by atoms with Gasteiger partial charge in [-0.25, -0.2) is 0 Å². The molecule has 2 bridgehead atoms. The molecule has 1 spiro atoms. The fraction of sp³-hybridized carbons (Fsp3) is 0.464. The summed E-state index contributed by atoms with van der Waals surface area (Å²) in [4.78, 5) is 43.5. The van der Waals surface area contributed by atoms with Gasteiger partial charge < -0.3 is 20.6 Å². The van der Waals surface area contributed by atoms with E-state index in [2.05, 4.69) is 17.6 Å². The van der Waals surface area contributed by atoms with Crippen molar-refractivity contribution in [3.05, 3.63) is 59.6 Å². The minimum atomic E-state index is -0.847. The Labute approximate surface area is 226 Å². The van der Waals surface area contributed by atoms with Gasteiger partial charge in [-0.1, -0.05) is 62.7 Å². The zero-order valence-corrected chi connectivity index (χ0v) is 22.6. The summed E-state index contributed by atoms with van der Waals surface area (Å²) in [5.41, 5.74) is 1.14. The minimum absolute atomic E-state index is 0.0238. The Balaban J connectivity index is 1.56. The second-order valence-corrected chi connectivity index (χ2v) is 12.6. The molecule has 196 valence electrons. The number of thioether (sulfide) groups is 1. The van der Waals surface area contributed by atoms with Crippen LogP contribution in [-0.4, -0.2) is 56.4 Å². The number of carbonyl (C=O) groups is 3. The van der Waals surface area contributed by atoms with Crippen molar-refractivity contribution in [2.24, 2.45) is 23.7 Å². The van der Waals surface area contributed by atoms with E-state index in [-0.39, 0.29) is 41.4 Å². The summed E-state index contributed by atoms with van der Waals surface area (Å²) in [6.07, 6.45) is 0.733. The number of hydrogen-bond acceptors (Lipinski definition) is 5. The molecule has 3 heterocycles. The van der Waals surface area contributed by atoms with E-state index in [1.165, 1.54) is 0 Å². The van der Waals surface area contributed by atoms with Gasteiger partial charge in [-0.3, -0.25) is 14.4 Å². The van der Waals surface area contributed by atoms with Crippen LogP contribution in [0.2, 0.25) is 5.02 Å². The largest absolute Gasteiger partial charge is 0.394 e. The zero-order valence-electron chi connectivity index (χ0n) is 21.1. The lowest BCUT2D eigenvalue weighted by atomic mass is 9.66. The molecule has 3 fully saturated rings. The molecule has 0 aromatic heterocycles. The van der Waals surface area contributed by atoms with Gasteiger partial charge in [0.2, 0.25) is 17.7 Å². The van der Waals surface area contributed by atoms with E-state index in [0.29, 0.717) is 16.4 Å². The third kappa shape index (κ3) is 4.14. The number of likely N-dealkylation sites (tertiary alicyclic amines) is 1. The van der Waals surface area contributed by atoms with Crippen LogP contribution in [0.15, 0.2) is 54.6 Å². The Morgan fingerprint density at radius 3 is 2.43 bits per heavy atom. The Morgan fingerprint density at radius 1 is 1.11 bits per heavy atom. The Hall–Kier alpha value is -2.55. The highest BCUT2D eigenvalue weighted by Gasteiger charge is 2.76. The quantitative estimate of drug-likeness (QED) is 0.486. The first kappa shape index (κ1) is 26.1. The molecule has 3 amide bonds. The molecular formula is C28H32ClN3O4S. The molecule has 7 atom stereocenters. The van der Waals surface area contributed by atoms with E-state index in [4.69, 9.17) is 11.6 Å². The van der Waals surface area contributed by atoms with E-state index in [9.17, 15) is 19.5 Å². The number of nitrogens with one attached hydrogen (secondary N) is 2. The van der Waals surface area contributed by atoms with Crippen LogP contribution in [0.25, 0.3) is 0 Å². The van der Waals surface area contributed by atoms with Gasteiger partial charge in [0.25, 0.3) is 0 Å². The number of amides is 3. The molecule has 37 heavy (non-hydrogen) atoms. The van der Waals surface area contributed by atoms with E-state index < -0.39 is 28.7 Å². The number of aliphatic hydroxyl groups excluding tert-OH is 1. The SMILES string of the molecule is CC(C)[C@H](CO)N1C(=O)[C@@H]2[C@H](C(=O)Nc3ccccc3)[C@@H]3CC(C)C2(S3)C1C(=O)Nc1ccccc1Cl. The standard InChI is InChI=1S/C28H32ClN3O4S/c1-15(2)20(14-33)32-24(26(35)31-19-12-8-7-11-18(19)29)28-16(3)13-21(37-28)22(23(28)27(32)36)25(34)30-17-9-5-4-6-10-17/h4-12,15-16,20-24,33H,13-14H2,1-3H3,(H,30,34)(H,31,35)/t16?,20-,21-,22+,23-,24?,28?/m0/s1. The lowest BCUT2D eigenvalue weighted by Crippen LogP contribution is -2.57. The third-order valence-electron chi connectivity index (χ3n) is 8.22. The van der Waals surface area contributed by atoms with Crippen LogP contribution in [0.4, 0.5) is 11.4 Å².